The Labute approximate surface area is 297 Å². The van der Waals surface area contributed by atoms with Crippen molar-refractivity contribution in [1.82, 2.24) is 5.32 Å². The summed E-state index contributed by atoms with van der Waals surface area (Å²) in [5.41, 5.74) is 5.06. The predicted molar refractivity (Wildman–Crippen MR) is 202 cm³/mol. The molecule has 2 unspecified atom stereocenters. The number of amides is 2. The molecule has 2 atom stereocenters. The first-order valence-electron chi connectivity index (χ1n) is 19.0. The Kier molecular flexibility index (Phi) is 32.0. The van der Waals surface area contributed by atoms with Crippen molar-refractivity contribution < 1.29 is 29.0 Å². The Morgan fingerprint density at radius 1 is 0.612 bits per heavy atom. The van der Waals surface area contributed by atoms with Crippen LogP contribution in [0.25, 0.3) is 0 Å². The van der Waals surface area contributed by atoms with Gasteiger partial charge in [0.15, 0.2) is 0 Å². The summed E-state index contributed by atoms with van der Waals surface area (Å²) in [4.78, 5) is 46.2. The average molecular weight is 685 g/mol. The molecule has 0 aliphatic heterocycles. The first-order valence-corrected chi connectivity index (χ1v) is 19.0. The molecule has 2 amide bonds. The van der Waals surface area contributed by atoms with Crippen LogP contribution in [0.4, 0.5) is 0 Å². The zero-order valence-electron chi connectivity index (χ0n) is 30.8. The van der Waals surface area contributed by atoms with Gasteiger partial charge in [0.25, 0.3) is 0 Å². The largest absolute Gasteiger partial charge is 0.480 e. The van der Waals surface area contributed by atoms with Crippen LogP contribution in [0.2, 0.25) is 0 Å². The fourth-order valence-corrected chi connectivity index (χ4v) is 5.15. The highest BCUT2D eigenvalue weighted by Gasteiger charge is 2.20. The lowest BCUT2D eigenvalue weighted by Gasteiger charge is -2.13. The molecule has 278 valence electrons. The smallest absolute Gasteiger partial charge is 0.326 e. The van der Waals surface area contributed by atoms with Crippen LogP contribution in [0.1, 0.15) is 162 Å². The minimum Gasteiger partial charge on any atom is -0.480 e. The number of carbonyl (C=O) groups excluding carboxylic acids is 3. The molecule has 0 saturated heterocycles. The second-order valence-corrected chi connectivity index (χ2v) is 12.8. The van der Waals surface area contributed by atoms with Gasteiger partial charge in [0, 0.05) is 19.3 Å². The van der Waals surface area contributed by atoms with Gasteiger partial charge >= 0.3 is 11.9 Å². The third kappa shape index (κ3) is 34.2. The Morgan fingerprint density at radius 2 is 1.08 bits per heavy atom. The molecule has 8 nitrogen and oxygen atoms in total. The summed E-state index contributed by atoms with van der Waals surface area (Å²) in [6, 6.07) is -1.07. The number of carboxylic acid groups (broad SMARTS) is 1. The van der Waals surface area contributed by atoms with Crippen LogP contribution in [0, 0.1) is 0 Å². The highest BCUT2D eigenvalue weighted by Crippen LogP contribution is 2.12. The van der Waals surface area contributed by atoms with Gasteiger partial charge in [-0.1, -0.05) is 106 Å². The molecular weight excluding hydrogens is 616 g/mol. The lowest BCUT2D eigenvalue weighted by Crippen LogP contribution is -2.41. The van der Waals surface area contributed by atoms with Crippen molar-refractivity contribution >= 4 is 23.8 Å². The minimum atomic E-state index is -1.15. The third-order valence-corrected chi connectivity index (χ3v) is 8.04. The second-order valence-electron chi connectivity index (χ2n) is 12.8. The molecule has 0 aliphatic carbocycles. The van der Waals surface area contributed by atoms with Gasteiger partial charge in [-0.15, -0.1) is 0 Å². The molecular formula is C41H68N2O6. The highest BCUT2D eigenvalue weighted by atomic mass is 16.5. The van der Waals surface area contributed by atoms with Crippen LogP contribution in [0.3, 0.4) is 0 Å². The van der Waals surface area contributed by atoms with Gasteiger partial charge < -0.3 is 20.9 Å². The van der Waals surface area contributed by atoms with Crippen LogP contribution in [-0.2, 0) is 23.9 Å². The van der Waals surface area contributed by atoms with Gasteiger partial charge in [0.05, 0.1) is 6.10 Å². The topological polar surface area (TPSA) is 136 Å². The zero-order chi connectivity index (χ0) is 36.2. The molecule has 0 aromatic heterocycles. The normalized spacial score (nSPS) is 13.3. The van der Waals surface area contributed by atoms with E-state index in [1.54, 1.807) is 0 Å². The number of carbonyl (C=O) groups is 4. The van der Waals surface area contributed by atoms with Crippen molar-refractivity contribution in [2.75, 3.05) is 0 Å². The van der Waals surface area contributed by atoms with Crippen molar-refractivity contribution in [3.05, 3.63) is 60.8 Å². The minimum absolute atomic E-state index is 0.00845. The number of carboxylic acids is 1. The van der Waals surface area contributed by atoms with E-state index in [0.29, 0.717) is 12.8 Å². The summed E-state index contributed by atoms with van der Waals surface area (Å²) in [6.07, 6.45) is 42.4. The average Bonchev–Trinajstić information content (AvgIpc) is 3.06. The van der Waals surface area contributed by atoms with Crippen LogP contribution < -0.4 is 11.1 Å². The number of rotatable bonds is 33. The number of nitrogens with two attached hydrogens (primary N) is 1. The maximum atomic E-state index is 12.1. The van der Waals surface area contributed by atoms with E-state index in [1.165, 1.54) is 19.3 Å². The van der Waals surface area contributed by atoms with Crippen LogP contribution in [0.5, 0.6) is 0 Å². The monoisotopic (exact) mass is 685 g/mol. The number of nitrogens with one attached hydrogen (secondary N) is 1. The molecule has 0 aromatic rings. The van der Waals surface area contributed by atoms with Crippen LogP contribution >= 0.6 is 0 Å². The fraction of sp³-hybridized carbons (Fsp3) is 0.659. The van der Waals surface area contributed by atoms with E-state index in [9.17, 15) is 19.2 Å². The number of unbranched alkanes of at least 4 members (excludes halogenated alkanes) is 11. The maximum absolute atomic E-state index is 12.1. The first-order chi connectivity index (χ1) is 23.8. The quantitative estimate of drug-likeness (QED) is 0.0358. The Hall–Kier alpha value is -3.42. The molecule has 0 heterocycles. The van der Waals surface area contributed by atoms with E-state index >= 15 is 0 Å². The first kappa shape index (κ1) is 45.6. The summed E-state index contributed by atoms with van der Waals surface area (Å²) < 4.78 is 5.59. The van der Waals surface area contributed by atoms with Crippen molar-refractivity contribution in [2.24, 2.45) is 5.73 Å². The van der Waals surface area contributed by atoms with Crippen molar-refractivity contribution in [2.45, 2.75) is 174 Å². The summed E-state index contributed by atoms with van der Waals surface area (Å²) in [6.45, 7) is 4.14. The molecule has 0 radical (unpaired) electrons. The molecule has 49 heavy (non-hydrogen) atoms. The molecule has 0 fully saturated rings. The fourth-order valence-electron chi connectivity index (χ4n) is 5.15. The number of esters is 1. The van der Waals surface area contributed by atoms with Crippen LogP contribution in [-0.4, -0.2) is 41.0 Å². The van der Waals surface area contributed by atoms with E-state index in [0.717, 1.165) is 96.3 Å². The van der Waals surface area contributed by atoms with Gasteiger partial charge in [-0.3, -0.25) is 14.4 Å². The van der Waals surface area contributed by atoms with Crippen molar-refractivity contribution in [3.8, 4) is 0 Å². The van der Waals surface area contributed by atoms with E-state index in [4.69, 9.17) is 15.6 Å². The Morgan fingerprint density at radius 3 is 1.61 bits per heavy atom. The maximum Gasteiger partial charge on any atom is 0.326 e. The predicted octanol–water partition coefficient (Wildman–Crippen LogP) is 9.75. The standard InChI is InChI=1S/C41H68N2O6/c1-3-4-5-6-7-8-9-10-11-15-18-21-24-27-30-33-40(46)49-36(2)31-28-25-22-19-16-13-12-14-17-20-23-26-29-32-39(45)43-37(41(47)48)34-35-38(42)44/h4-5,7-8,10-13,19,22,36-37H,3,6,9,14-18,20-21,23-35H2,1-2H3,(H2,42,44)(H,43,45)(H,47,48). The van der Waals surface area contributed by atoms with Gasteiger partial charge in [-0.2, -0.15) is 0 Å². The summed E-state index contributed by atoms with van der Waals surface area (Å²) in [5, 5.41) is 11.6. The molecule has 0 bridgehead atoms. The zero-order valence-corrected chi connectivity index (χ0v) is 30.8. The highest BCUT2D eigenvalue weighted by molar-refractivity contribution is 5.84. The molecule has 4 N–H and O–H groups in total. The molecule has 0 saturated carbocycles. The molecule has 8 heteroatoms. The Balaban J connectivity index is 3.62. The molecule has 0 aromatic carbocycles. The van der Waals surface area contributed by atoms with Gasteiger partial charge in [-0.05, 0) is 96.8 Å². The number of ether oxygens (including phenoxy) is 1. The van der Waals surface area contributed by atoms with E-state index < -0.39 is 17.9 Å². The second kappa shape index (κ2) is 34.4. The van der Waals surface area contributed by atoms with Gasteiger partial charge in [0.2, 0.25) is 11.8 Å². The lowest BCUT2D eigenvalue weighted by atomic mass is 10.1. The van der Waals surface area contributed by atoms with E-state index in [-0.39, 0.29) is 37.2 Å². The van der Waals surface area contributed by atoms with Crippen molar-refractivity contribution in [3.63, 3.8) is 0 Å². The van der Waals surface area contributed by atoms with Crippen LogP contribution in [0.15, 0.2) is 60.8 Å². The number of primary amides is 1. The van der Waals surface area contributed by atoms with E-state index in [2.05, 4.69) is 73.0 Å². The summed E-state index contributed by atoms with van der Waals surface area (Å²) in [7, 11) is 0. The number of hydrogen-bond acceptors (Lipinski definition) is 5. The Bertz CT molecular complexity index is 1010. The molecule has 0 spiro atoms. The van der Waals surface area contributed by atoms with Gasteiger partial charge in [-0.25, -0.2) is 4.79 Å². The number of hydrogen-bond donors (Lipinski definition) is 3. The molecule has 0 aliphatic rings. The number of aliphatic carboxylic acids is 1. The number of allylic oxidation sites excluding steroid dienone is 10. The third-order valence-electron chi connectivity index (χ3n) is 8.04. The lowest BCUT2D eigenvalue weighted by molar-refractivity contribution is -0.148. The molecule has 0 rings (SSSR count). The van der Waals surface area contributed by atoms with Crippen molar-refractivity contribution in [1.29, 1.82) is 0 Å². The summed E-state index contributed by atoms with van der Waals surface area (Å²) >= 11 is 0. The van der Waals surface area contributed by atoms with Gasteiger partial charge in [0.1, 0.15) is 6.04 Å². The summed E-state index contributed by atoms with van der Waals surface area (Å²) in [5.74, 6) is -2.10. The van der Waals surface area contributed by atoms with E-state index in [1.807, 2.05) is 6.92 Å². The SMILES string of the molecule is CCC=CCC=CCC=CCCCCCCCC(=O)OC(C)CCCC=CCC=CCCCCCCCC(=O)NC(CCC(N)=O)C(=O)O.